The Balaban J connectivity index is 2.00. The van der Waals surface area contributed by atoms with Crippen molar-refractivity contribution in [2.24, 2.45) is 0 Å². The van der Waals surface area contributed by atoms with E-state index >= 15 is 0 Å². The highest BCUT2D eigenvalue weighted by atomic mass is 32.5. The number of nitrogens with zero attached hydrogens (tertiary/aromatic N) is 2. The van der Waals surface area contributed by atoms with Crippen molar-refractivity contribution in [1.82, 2.24) is 9.55 Å². The molecule has 0 saturated carbocycles. The summed E-state index contributed by atoms with van der Waals surface area (Å²) in [6.07, 6.45) is 2.70. The number of anilines is 1. The van der Waals surface area contributed by atoms with Gasteiger partial charge in [-0.3, -0.25) is 4.57 Å². The Morgan fingerprint density at radius 3 is 2.22 bits per heavy atom. The standard InChI is InChI=1S/C15H12F5N3O2S2/c16-27(17,18,19,20)14-8-4-7-13(11-14)26(24,25)22-15-21-9-10-23(15)12-5-2-1-3-6-12/h1-11H,(H,21,22). The molecule has 0 aliphatic rings. The third-order valence-electron chi connectivity index (χ3n) is 3.46. The zero-order chi connectivity index (χ0) is 20.0. The van der Waals surface area contributed by atoms with Crippen LogP contribution in [0.3, 0.4) is 0 Å². The predicted molar refractivity (Wildman–Crippen MR) is 92.2 cm³/mol. The minimum absolute atomic E-state index is 0.0975. The second-order valence-electron chi connectivity index (χ2n) is 5.51. The molecule has 1 aromatic heterocycles. The van der Waals surface area contributed by atoms with E-state index in [1.165, 1.54) is 17.0 Å². The van der Waals surface area contributed by atoms with Crippen molar-refractivity contribution in [2.75, 3.05) is 4.72 Å². The molecule has 12 heteroatoms. The monoisotopic (exact) mass is 425 g/mol. The SMILES string of the molecule is O=S(=O)(Nc1nccn1-c1ccccc1)c1cccc(S(F)(F)(F)(F)F)c1. The normalized spacial score (nSPS) is 15.0. The van der Waals surface area contributed by atoms with Crippen LogP contribution in [-0.2, 0) is 10.0 Å². The Labute approximate surface area is 151 Å². The maximum absolute atomic E-state index is 12.9. The molecule has 0 bridgehead atoms. The van der Waals surface area contributed by atoms with Gasteiger partial charge in [0.15, 0.2) is 0 Å². The summed E-state index contributed by atoms with van der Waals surface area (Å²) in [5.41, 5.74) is 0.536. The van der Waals surface area contributed by atoms with Gasteiger partial charge in [0.25, 0.3) is 10.0 Å². The molecule has 0 radical (unpaired) electrons. The smallest absolute Gasteiger partial charge is 0.286 e. The zero-order valence-corrected chi connectivity index (χ0v) is 14.9. The van der Waals surface area contributed by atoms with Crippen LogP contribution in [0.5, 0.6) is 0 Å². The summed E-state index contributed by atoms with van der Waals surface area (Å²) in [6, 6.07) is 9.82. The highest BCUT2D eigenvalue weighted by Gasteiger charge is 2.65. The summed E-state index contributed by atoms with van der Waals surface area (Å²) in [4.78, 5) is 0.562. The summed E-state index contributed by atoms with van der Waals surface area (Å²) in [5, 5.41) is 0. The van der Waals surface area contributed by atoms with Gasteiger partial charge in [0, 0.05) is 18.1 Å². The molecule has 0 aliphatic heterocycles. The van der Waals surface area contributed by atoms with E-state index in [4.69, 9.17) is 0 Å². The van der Waals surface area contributed by atoms with Gasteiger partial charge in [0.1, 0.15) is 4.90 Å². The van der Waals surface area contributed by atoms with Crippen LogP contribution in [0.1, 0.15) is 0 Å². The molecule has 3 aromatic rings. The molecule has 0 amide bonds. The van der Waals surface area contributed by atoms with Gasteiger partial charge in [-0.2, -0.15) is 0 Å². The van der Waals surface area contributed by atoms with Gasteiger partial charge in [-0.25, -0.2) is 18.1 Å². The Bertz CT molecular complexity index is 1100. The van der Waals surface area contributed by atoms with Gasteiger partial charge in [-0.05, 0) is 30.3 Å². The molecule has 0 aliphatic carbocycles. The molecule has 2 aromatic carbocycles. The van der Waals surface area contributed by atoms with Gasteiger partial charge < -0.3 is 0 Å². The van der Waals surface area contributed by atoms with Crippen LogP contribution >= 0.6 is 10.2 Å². The fourth-order valence-electron chi connectivity index (χ4n) is 2.24. The Hall–Kier alpha value is -2.60. The maximum Gasteiger partial charge on any atom is 0.310 e. The predicted octanol–water partition coefficient (Wildman–Crippen LogP) is 5.33. The number of halogens is 5. The van der Waals surface area contributed by atoms with Crippen molar-refractivity contribution in [1.29, 1.82) is 0 Å². The number of aromatic nitrogens is 2. The van der Waals surface area contributed by atoms with E-state index in [0.29, 0.717) is 11.8 Å². The summed E-state index contributed by atoms with van der Waals surface area (Å²) >= 11 is 0. The van der Waals surface area contributed by atoms with Crippen LogP contribution < -0.4 is 4.72 Å². The van der Waals surface area contributed by atoms with Crippen LogP contribution in [0.4, 0.5) is 25.4 Å². The van der Waals surface area contributed by atoms with Crippen molar-refractivity contribution in [3.05, 3.63) is 67.0 Å². The van der Waals surface area contributed by atoms with E-state index in [9.17, 15) is 27.8 Å². The summed E-state index contributed by atoms with van der Waals surface area (Å²) < 4.78 is 92.9. The minimum Gasteiger partial charge on any atom is -0.286 e. The van der Waals surface area contributed by atoms with Gasteiger partial charge in [-0.1, -0.05) is 43.7 Å². The van der Waals surface area contributed by atoms with Crippen LogP contribution in [0.2, 0.25) is 0 Å². The van der Waals surface area contributed by atoms with Crippen LogP contribution in [-0.4, -0.2) is 18.0 Å². The third-order valence-corrected chi connectivity index (χ3v) is 5.93. The maximum atomic E-state index is 12.9. The molecule has 0 unspecified atom stereocenters. The number of rotatable bonds is 5. The van der Waals surface area contributed by atoms with Crippen molar-refractivity contribution in [3.63, 3.8) is 0 Å². The van der Waals surface area contributed by atoms with Crippen molar-refractivity contribution >= 4 is 26.2 Å². The number of benzene rings is 2. The van der Waals surface area contributed by atoms with E-state index in [2.05, 4.69) is 4.98 Å². The molecular weight excluding hydrogens is 413 g/mol. The highest BCUT2D eigenvalue weighted by Crippen LogP contribution is 3.02. The van der Waals surface area contributed by atoms with Crippen LogP contribution in [0.25, 0.3) is 5.69 Å². The summed E-state index contributed by atoms with van der Waals surface area (Å²) in [5.74, 6) is -0.209. The first-order valence-corrected chi connectivity index (χ1v) is 10.7. The molecule has 0 saturated heterocycles. The quantitative estimate of drug-likeness (QED) is 0.562. The fourth-order valence-corrected chi connectivity index (χ4v) is 4.05. The highest BCUT2D eigenvalue weighted by molar-refractivity contribution is 8.45. The summed E-state index contributed by atoms with van der Waals surface area (Å²) in [6.45, 7) is 0. The first-order valence-electron chi connectivity index (χ1n) is 7.22. The van der Waals surface area contributed by atoms with Gasteiger partial charge in [0.05, 0.1) is 4.90 Å². The molecule has 1 N–H and O–H groups in total. The molecule has 146 valence electrons. The molecular formula is C15H12F5N3O2S2. The van der Waals surface area contributed by atoms with E-state index < -0.39 is 30.0 Å². The van der Waals surface area contributed by atoms with Crippen molar-refractivity contribution in [2.45, 2.75) is 9.79 Å². The number of nitrogens with one attached hydrogen (secondary N) is 1. The Kier molecular flexibility index (Phi) is 3.87. The number of imidazole rings is 1. The number of hydrogen-bond acceptors (Lipinski definition) is 3. The number of sulfonamides is 1. The first kappa shape index (κ1) is 19.2. The van der Waals surface area contributed by atoms with E-state index in [0.717, 1.165) is 6.07 Å². The molecule has 0 fully saturated rings. The lowest BCUT2D eigenvalue weighted by Gasteiger charge is -2.40. The zero-order valence-electron chi connectivity index (χ0n) is 13.3. The number of hydrogen-bond donors (Lipinski definition) is 1. The molecule has 5 nitrogen and oxygen atoms in total. The van der Waals surface area contributed by atoms with Crippen molar-refractivity contribution < 1.29 is 27.8 Å². The lowest BCUT2D eigenvalue weighted by molar-refractivity contribution is 0.363. The summed E-state index contributed by atoms with van der Waals surface area (Å²) in [7, 11) is -14.6. The Morgan fingerprint density at radius 1 is 0.926 bits per heavy atom. The topological polar surface area (TPSA) is 64.0 Å². The molecule has 3 rings (SSSR count). The van der Waals surface area contributed by atoms with E-state index in [1.807, 2.05) is 4.72 Å². The largest absolute Gasteiger partial charge is 0.310 e. The van der Waals surface area contributed by atoms with Crippen molar-refractivity contribution in [3.8, 4) is 5.69 Å². The lowest BCUT2D eigenvalue weighted by Crippen LogP contribution is -2.17. The van der Waals surface area contributed by atoms with E-state index in [-0.39, 0.29) is 18.1 Å². The van der Waals surface area contributed by atoms with Gasteiger partial charge in [0.2, 0.25) is 5.95 Å². The van der Waals surface area contributed by atoms with Crippen LogP contribution in [0, 0.1) is 0 Å². The second kappa shape index (κ2) is 5.45. The average Bonchev–Trinajstić information content (AvgIpc) is 3.01. The second-order valence-corrected chi connectivity index (χ2v) is 9.60. The van der Waals surface area contributed by atoms with Crippen LogP contribution in [0.15, 0.2) is 76.8 Å². The van der Waals surface area contributed by atoms with E-state index in [1.54, 1.807) is 30.3 Å². The average molecular weight is 425 g/mol. The first-order chi connectivity index (χ1) is 12.3. The lowest BCUT2D eigenvalue weighted by atomic mass is 10.3. The Morgan fingerprint density at radius 2 is 1.59 bits per heavy atom. The molecule has 1 heterocycles. The molecule has 0 atom stereocenters. The molecule has 0 spiro atoms. The minimum atomic E-state index is -10.0. The third kappa shape index (κ3) is 4.22. The fraction of sp³-hybridized carbons (Fsp3) is 0. The van der Waals surface area contributed by atoms with Gasteiger partial charge in [-0.15, -0.1) is 0 Å². The molecule has 27 heavy (non-hydrogen) atoms. The number of para-hydroxylation sites is 1. The van der Waals surface area contributed by atoms with Gasteiger partial charge >= 0.3 is 10.2 Å².